The zero-order valence-electron chi connectivity index (χ0n) is 13.7. The van der Waals surface area contributed by atoms with Gasteiger partial charge in [0.25, 0.3) is 0 Å². The number of amides is 1. The molecular weight excluding hydrogens is 309 g/mol. The first-order valence-electron chi connectivity index (χ1n) is 7.97. The Bertz CT molecular complexity index is 852. The summed E-state index contributed by atoms with van der Waals surface area (Å²) in [5, 5.41) is 10.4. The van der Waals surface area contributed by atoms with Gasteiger partial charge in [0.05, 0.1) is 5.52 Å². The number of aromatic nitrogens is 4. The van der Waals surface area contributed by atoms with Crippen molar-refractivity contribution in [2.24, 2.45) is 5.92 Å². The molecule has 0 aliphatic carbocycles. The summed E-state index contributed by atoms with van der Waals surface area (Å²) < 4.78 is 15.2. The van der Waals surface area contributed by atoms with Crippen LogP contribution >= 0.6 is 0 Å². The highest BCUT2D eigenvalue weighted by Crippen LogP contribution is 2.17. The fourth-order valence-corrected chi connectivity index (χ4v) is 2.59. The monoisotopic (exact) mass is 329 g/mol. The first kappa shape index (κ1) is 16.2. The van der Waals surface area contributed by atoms with Crippen LogP contribution in [0.25, 0.3) is 10.9 Å². The number of H-pyrrole nitrogens is 1. The third-order valence-corrected chi connectivity index (χ3v) is 3.70. The predicted molar refractivity (Wildman–Crippen MR) is 90.1 cm³/mol. The lowest BCUT2D eigenvalue weighted by molar-refractivity contribution is -0.116. The van der Waals surface area contributed by atoms with E-state index in [1.54, 1.807) is 6.07 Å². The molecule has 0 aliphatic heterocycles. The summed E-state index contributed by atoms with van der Waals surface area (Å²) in [6, 6.07) is 6.53. The van der Waals surface area contributed by atoms with Crippen molar-refractivity contribution in [2.45, 2.75) is 33.2 Å². The van der Waals surface area contributed by atoms with Crippen molar-refractivity contribution in [3.05, 3.63) is 42.1 Å². The van der Waals surface area contributed by atoms with Gasteiger partial charge in [-0.15, -0.1) is 5.10 Å². The fourth-order valence-electron chi connectivity index (χ4n) is 2.59. The van der Waals surface area contributed by atoms with E-state index in [2.05, 4.69) is 34.3 Å². The zero-order valence-corrected chi connectivity index (χ0v) is 13.7. The normalized spacial score (nSPS) is 11.3. The Hall–Kier alpha value is -2.70. The maximum atomic E-state index is 13.4. The van der Waals surface area contributed by atoms with Crippen molar-refractivity contribution in [2.75, 3.05) is 5.32 Å². The van der Waals surface area contributed by atoms with Gasteiger partial charge in [0.1, 0.15) is 11.6 Å². The highest BCUT2D eigenvalue weighted by Gasteiger charge is 2.10. The van der Waals surface area contributed by atoms with Gasteiger partial charge >= 0.3 is 0 Å². The number of benzene rings is 1. The van der Waals surface area contributed by atoms with E-state index in [0.717, 1.165) is 23.1 Å². The average Bonchev–Trinajstić information content (AvgIpc) is 3.11. The Morgan fingerprint density at radius 2 is 2.21 bits per heavy atom. The maximum Gasteiger partial charge on any atom is 0.248 e. The number of hydrogen-bond acceptors (Lipinski definition) is 3. The quantitative estimate of drug-likeness (QED) is 0.729. The standard InChI is InChI=1S/C17H20FN5O/c1-11(2)9-15-19-17(22-21-15)20-16(24)6-8-23-7-5-12-3-4-13(18)10-14(12)23/h3-5,7,10-11H,6,8-9H2,1-2H3,(H2,19,20,21,22,24). The lowest BCUT2D eigenvalue weighted by Gasteiger charge is -2.05. The number of carbonyl (C=O) groups is 1. The molecule has 1 amide bonds. The van der Waals surface area contributed by atoms with Crippen LogP contribution in [0.1, 0.15) is 26.1 Å². The molecule has 7 heteroatoms. The molecule has 0 bridgehead atoms. The highest BCUT2D eigenvalue weighted by atomic mass is 19.1. The van der Waals surface area contributed by atoms with Crippen molar-refractivity contribution in [3.63, 3.8) is 0 Å². The van der Waals surface area contributed by atoms with E-state index in [4.69, 9.17) is 0 Å². The minimum atomic E-state index is -0.287. The minimum Gasteiger partial charge on any atom is -0.347 e. The van der Waals surface area contributed by atoms with Crippen LogP contribution in [-0.4, -0.2) is 25.7 Å². The molecule has 2 N–H and O–H groups in total. The molecule has 0 unspecified atom stereocenters. The smallest absolute Gasteiger partial charge is 0.248 e. The van der Waals surface area contributed by atoms with E-state index in [1.807, 2.05) is 16.8 Å². The Balaban J connectivity index is 1.59. The number of carbonyl (C=O) groups excluding carboxylic acids is 1. The SMILES string of the molecule is CC(C)Cc1nc(NC(=O)CCn2ccc3ccc(F)cc32)n[nH]1. The van der Waals surface area contributed by atoms with Crippen molar-refractivity contribution >= 4 is 22.8 Å². The molecule has 0 saturated carbocycles. The topological polar surface area (TPSA) is 75.6 Å². The highest BCUT2D eigenvalue weighted by molar-refractivity contribution is 5.89. The van der Waals surface area contributed by atoms with E-state index >= 15 is 0 Å². The number of aromatic amines is 1. The Morgan fingerprint density at radius 1 is 1.38 bits per heavy atom. The fraction of sp³-hybridized carbons (Fsp3) is 0.353. The number of anilines is 1. The van der Waals surface area contributed by atoms with Gasteiger partial charge in [0.2, 0.25) is 11.9 Å². The van der Waals surface area contributed by atoms with E-state index in [1.165, 1.54) is 12.1 Å². The molecule has 2 heterocycles. The number of nitrogens with zero attached hydrogens (tertiary/aromatic N) is 3. The summed E-state index contributed by atoms with van der Waals surface area (Å²) >= 11 is 0. The second kappa shape index (κ2) is 6.82. The molecule has 3 aromatic rings. The first-order chi connectivity index (χ1) is 11.5. The van der Waals surface area contributed by atoms with E-state index in [9.17, 15) is 9.18 Å². The molecule has 2 aromatic heterocycles. The third kappa shape index (κ3) is 3.79. The van der Waals surface area contributed by atoms with Gasteiger partial charge in [0, 0.05) is 25.6 Å². The molecule has 0 saturated heterocycles. The number of nitrogens with one attached hydrogen (secondary N) is 2. The number of fused-ring (bicyclic) bond motifs is 1. The molecule has 24 heavy (non-hydrogen) atoms. The Morgan fingerprint density at radius 3 is 3.00 bits per heavy atom. The van der Waals surface area contributed by atoms with Crippen LogP contribution in [0, 0.1) is 11.7 Å². The second-order valence-corrected chi connectivity index (χ2v) is 6.21. The third-order valence-electron chi connectivity index (χ3n) is 3.70. The minimum absolute atomic E-state index is 0.177. The molecule has 6 nitrogen and oxygen atoms in total. The number of rotatable bonds is 6. The number of aryl methyl sites for hydroxylation is 1. The van der Waals surface area contributed by atoms with Crippen LogP contribution in [0.3, 0.4) is 0 Å². The van der Waals surface area contributed by atoms with Gasteiger partial charge < -0.3 is 4.57 Å². The van der Waals surface area contributed by atoms with Crippen LogP contribution in [-0.2, 0) is 17.8 Å². The van der Waals surface area contributed by atoms with E-state index in [-0.39, 0.29) is 18.1 Å². The largest absolute Gasteiger partial charge is 0.347 e. The summed E-state index contributed by atoms with van der Waals surface area (Å²) in [5.74, 6) is 1.05. The predicted octanol–water partition coefficient (Wildman–Crippen LogP) is 3.13. The van der Waals surface area contributed by atoms with Crippen molar-refractivity contribution < 1.29 is 9.18 Å². The van der Waals surface area contributed by atoms with Crippen molar-refractivity contribution in [1.82, 2.24) is 19.7 Å². The Kier molecular flexibility index (Phi) is 4.59. The van der Waals surface area contributed by atoms with Gasteiger partial charge in [0.15, 0.2) is 0 Å². The molecule has 0 spiro atoms. The van der Waals surface area contributed by atoms with Gasteiger partial charge in [-0.25, -0.2) is 4.39 Å². The maximum absolute atomic E-state index is 13.4. The molecule has 3 rings (SSSR count). The second-order valence-electron chi connectivity index (χ2n) is 6.21. The van der Waals surface area contributed by atoms with Crippen LogP contribution < -0.4 is 5.32 Å². The summed E-state index contributed by atoms with van der Waals surface area (Å²) in [7, 11) is 0. The van der Waals surface area contributed by atoms with Crippen LogP contribution in [0.15, 0.2) is 30.5 Å². The van der Waals surface area contributed by atoms with Crippen molar-refractivity contribution in [3.8, 4) is 0 Å². The van der Waals surface area contributed by atoms with Crippen LogP contribution in [0.2, 0.25) is 0 Å². The summed E-state index contributed by atoms with van der Waals surface area (Å²) in [6.07, 6.45) is 2.89. The zero-order chi connectivity index (χ0) is 17.1. The molecule has 0 atom stereocenters. The molecule has 0 radical (unpaired) electrons. The summed E-state index contributed by atoms with van der Waals surface area (Å²) in [5.41, 5.74) is 0.778. The van der Waals surface area contributed by atoms with Gasteiger partial charge in [-0.05, 0) is 35.6 Å². The van der Waals surface area contributed by atoms with E-state index < -0.39 is 0 Å². The number of halogens is 1. The van der Waals surface area contributed by atoms with Crippen LogP contribution in [0.4, 0.5) is 10.3 Å². The molecule has 1 aromatic carbocycles. The van der Waals surface area contributed by atoms with E-state index in [0.29, 0.717) is 18.4 Å². The lowest BCUT2D eigenvalue weighted by Crippen LogP contribution is -2.15. The molecule has 126 valence electrons. The summed E-state index contributed by atoms with van der Waals surface area (Å²) in [4.78, 5) is 16.3. The number of hydrogen-bond donors (Lipinski definition) is 2. The van der Waals surface area contributed by atoms with Crippen LogP contribution in [0.5, 0.6) is 0 Å². The van der Waals surface area contributed by atoms with Gasteiger partial charge in [-0.2, -0.15) is 4.98 Å². The molecule has 0 aliphatic rings. The van der Waals surface area contributed by atoms with Crippen molar-refractivity contribution in [1.29, 1.82) is 0 Å². The van der Waals surface area contributed by atoms with Gasteiger partial charge in [-0.3, -0.25) is 15.2 Å². The molecule has 0 fully saturated rings. The Labute approximate surface area is 139 Å². The summed E-state index contributed by atoms with van der Waals surface area (Å²) in [6.45, 7) is 4.64. The first-order valence-corrected chi connectivity index (χ1v) is 7.97. The average molecular weight is 329 g/mol. The lowest BCUT2D eigenvalue weighted by atomic mass is 10.1. The van der Waals surface area contributed by atoms with Gasteiger partial charge in [-0.1, -0.05) is 13.8 Å². The molecular formula is C17H20FN5O.